The number of halogens is 2. The summed E-state index contributed by atoms with van der Waals surface area (Å²) in [6.45, 7) is 0.486. The number of rotatable bonds is 4. The van der Waals surface area contributed by atoms with E-state index in [-0.39, 0.29) is 5.75 Å². The van der Waals surface area contributed by atoms with Crippen molar-refractivity contribution >= 4 is 0 Å². The second-order valence-electron chi connectivity index (χ2n) is 3.72. The molecule has 2 N–H and O–H groups in total. The highest BCUT2D eigenvalue weighted by atomic mass is 19.2. The van der Waals surface area contributed by atoms with Crippen LogP contribution in [0.3, 0.4) is 0 Å². The SMILES string of the molecule is NCCc1cncc(Oc2cccc(F)c2F)c1. The molecule has 1 aromatic heterocycles. The lowest BCUT2D eigenvalue weighted by Gasteiger charge is -2.07. The molecule has 0 radical (unpaired) electrons. The molecule has 0 spiro atoms. The summed E-state index contributed by atoms with van der Waals surface area (Å²) in [6, 6.07) is 5.47. The summed E-state index contributed by atoms with van der Waals surface area (Å²) in [5, 5.41) is 0. The molecule has 0 fully saturated rings. The monoisotopic (exact) mass is 250 g/mol. The van der Waals surface area contributed by atoms with Crippen molar-refractivity contribution < 1.29 is 13.5 Å². The standard InChI is InChI=1S/C13H12F2N2O/c14-11-2-1-3-12(13(11)15)18-10-6-9(4-5-16)7-17-8-10/h1-3,6-8H,4-5,16H2. The number of aromatic nitrogens is 1. The molecule has 1 aromatic carbocycles. The number of nitrogens with two attached hydrogens (primary N) is 1. The normalized spacial score (nSPS) is 10.4. The highest BCUT2D eigenvalue weighted by molar-refractivity contribution is 5.32. The van der Waals surface area contributed by atoms with Crippen LogP contribution in [0.15, 0.2) is 36.7 Å². The molecule has 5 heteroatoms. The molecule has 0 aliphatic carbocycles. The van der Waals surface area contributed by atoms with Crippen LogP contribution in [0.4, 0.5) is 8.78 Å². The van der Waals surface area contributed by atoms with Crippen molar-refractivity contribution in [2.75, 3.05) is 6.54 Å². The Bertz CT molecular complexity index is 546. The minimum atomic E-state index is -1.01. The van der Waals surface area contributed by atoms with Crippen LogP contribution in [-0.2, 0) is 6.42 Å². The van der Waals surface area contributed by atoms with E-state index in [4.69, 9.17) is 10.5 Å². The van der Waals surface area contributed by atoms with Crippen molar-refractivity contribution in [3.8, 4) is 11.5 Å². The average molecular weight is 250 g/mol. The van der Waals surface area contributed by atoms with Crippen molar-refractivity contribution in [3.63, 3.8) is 0 Å². The zero-order valence-corrected chi connectivity index (χ0v) is 9.57. The highest BCUT2D eigenvalue weighted by Gasteiger charge is 2.09. The first-order chi connectivity index (χ1) is 8.70. The summed E-state index contributed by atoms with van der Waals surface area (Å²) in [7, 11) is 0. The molecule has 0 saturated heterocycles. The summed E-state index contributed by atoms with van der Waals surface area (Å²) >= 11 is 0. The molecule has 2 rings (SSSR count). The van der Waals surface area contributed by atoms with E-state index in [1.165, 1.54) is 18.3 Å². The molecule has 18 heavy (non-hydrogen) atoms. The molecule has 0 aliphatic heterocycles. The molecule has 3 nitrogen and oxygen atoms in total. The molecule has 0 aliphatic rings. The van der Waals surface area contributed by atoms with Crippen molar-refractivity contribution in [2.24, 2.45) is 5.73 Å². The summed E-state index contributed by atoms with van der Waals surface area (Å²) in [5.41, 5.74) is 6.31. The number of benzene rings is 1. The summed E-state index contributed by atoms with van der Waals surface area (Å²) < 4.78 is 31.6. The first-order valence-electron chi connectivity index (χ1n) is 5.46. The molecule has 0 saturated carbocycles. The maximum Gasteiger partial charge on any atom is 0.201 e. The van der Waals surface area contributed by atoms with Crippen LogP contribution < -0.4 is 10.5 Å². The van der Waals surface area contributed by atoms with Gasteiger partial charge in [-0.2, -0.15) is 4.39 Å². The minimum Gasteiger partial charge on any atom is -0.453 e. The fourth-order valence-electron chi connectivity index (χ4n) is 1.51. The smallest absolute Gasteiger partial charge is 0.201 e. The van der Waals surface area contributed by atoms with Crippen molar-refractivity contribution in [3.05, 3.63) is 53.9 Å². The number of hydrogen-bond donors (Lipinski definition) is 1. The topological polar surface area (TPSA) is 48.1 Å². The highest BCUT2D eigenvalue weighted by Crippen LogP contribution is 2.25. The fraction of sp³-hybridized carbons (Fsp3) is 0.154. The molecular weight excluding hydrogens is 238 g/mol. The number of ether oxygens (including phenoxy) is 1. The minimum absolute atomic E-state index is 0.165. The van der Waals surface area contributed by atoms with Gasteiger partial charge in [-0.05, 0) is 36.7 Å². The first kappa shape index (κ1) is 12.4. The van der Waals surface area contributed by atoms with Crippen molar-refractivity contribution in [2.45, 2.75) is 6.42 Å². The molecule has 1 heterocycles. The maximum atomic E-state index is 13.4. The Balaban J connectivity index is 2.23. The molecule has 2 aromatic rings. The second-order valence-corrected chi connectivity index (χ2v) is 3.72. The van der Waals surface area contributed by atoms with Crippen LogP contribution in [0.2, 0.25) is 0 Å². The third-order valence-corrected chi connectivity index (χ3v) is 2.35. The Hall–Kier alpha value is -2.01. The van der Waals surface area contributed by atoms with E-state index < -0.39 is 11.6 Å². The Labute approximate surface area is 103 Å². The summed E-state index contributed by atoms with van der Waals surface area (Å²) in [6.07, 6.45) is 3.74. The maximum absolute atomic E-state index is 13.4. The van der Waals surface area contributed by atoms with E-state index in [1.54, 1.807) is 12.3 Å². The van der Waals surface area contributed by atoms with Gasteiger partial charge in [0.15, 0.2) is 11.6 Å². The van der Waals surface area contributed by atoms with Gasteiger partial charge in [0.1, 0.15) is 5.75 Å². The molecule has 0 amide bonds. The number of pyridine rings is 1. The van der Waals surface area contributed by atoms with Gasteiger partial charge in [-0.15, -0.1) is 0 Å². The molecule has 0 atom stereocenters. The van der Waals surface area contributed by atoms with E-state index in [9.17, 15) is 8.78 Å². The van der Waals surface area contributed by atoms with Crippen LogP contribution in [0, 0.1) is 11.6 Å². The van der Waals surface area contributed by atoms with Gasteiger partial charge < -0.3 is 10.5 Å². The van der Waals surface area contributed by atoms with Gasteiger partial charge in [-0.1, -0.05) is 6.07 Å². The van der Waals surface area contributed by atoms with Crippen molar-refractivity contribution in [1.29, 1.82) is 0 Å². The van der Waals surface area contributed by atoms with Gasteiger partial charge in [0, 0.05) is 6.20 Å². The third kappa shape index (κ3) is 2.81. The molecule has 94 valence electrons. The van der Waals surface area contributed by atoms with Gasteiger partial charge in [-0.3, -0.25) is 4.98 Å². The van der Waals surface area contributed by atoms with Crippen LogP contribution >= 0.6 is 0 Å². The summed E-state index contributed by atoms with van der Waals surface area (Å²) in [5.74, 6) is -1.77. The van der Waals surface area contributed by atoms with Crippen LogP contribution in [0.1, 0.15) is 5.56 Å². The van der Waals surface area contributed by atoms with Gasteiger partial charge >= 0.3 is 0 Å². The van der Waals surface area contributed by atoms with Gasteiger partial charge in [0.2, 0.25) is 5.82 Å². The molecular formula is C13H12F2N2O. The average Bonchev–Trinajstić information content (AvgIpc) is 2.36. The fourth-order valence-corrected chi connectivity index (χ4v) is 1.51. The Morgan fingerprint density at radius 3 is 2.83 bits per heavy atom. The van der Waals surface area contributed by atoms with E-state index in [0.717, 1.165) is 11.6 Å². The zero-order chi connectivity index (χ0) is 13.0. The Morgan fingerprint density at radius 1 is 1.22 bits per heavy atom. The van der Waals surface area contributed by atoms with E-state index in [2.05, 4.69) is 4.98 Å². The predicted molar refractivity (Wildman–Crippen MR) is 63.4 cm³/mol. The Kier molecular flexibility index (Phi) is 3.84. The quantitative estimate of drug-likeness (QED) is 0.907. The van der Waals surface area contributed by atoms with E-state index >= 15 is 0 Å². The molecule has 0 bridgehead atoms. The zero-order valence-electron chi connectivity index (χ0n) is 9.57. The largest absolute Gasteiger partial charge is 0.453 e. The molecule has 0 unspecified atom stereocenters. The number of nitrogens with zero attached hydrogens (tertiary/aromatic N) is 1. The lowest BCUT2D eigenvalue weighted by molar-refractivity contribution is 0.414. The lowest BCUT2D eigenvalue weighted by atomic mass is 10.2. The van der Waals surface area contributed by atoms with Crippen LogP contribution in [0.25, 0.3) is 0 Å². The predicted octanol–water partition coefficient (Wildman–Crippen LogP) is 2.65. The van der Waals surface area contributed by atoms with Gasteiger partial charge in [0.05, 0.1) is 6.20 Å². The number of hydrogen-bond acceptors (Lipinski definition) is 3. The third-order valence-electron chi connectivity index (χ3n) is 2.35. The van der Waals surface area contributed by atoms with E-state index in [0.29, 0.717) is 18.7 Å². The van der Waals surface area contributed by atoms with Crippen LogP contribution in [-0.4, -0.2) is 11.5 Å². The lowest BCUT2D eigenvalue weighted by Crippen LogP contribution is -2.03. The Morgan fingerprint density at radius 2 is 2.06 bits per heavy atom. The van der Waals surface area contributed by atoms with E-state index in [1.807, 2.05) is 0 Å². The second kappa shape index (κ2) is 5.55. The van der Waals surface area contributed by atoms with Crippen LogP contribution in [0.5, 0.6) is 11.5 Å². The van der Waals surface area contributed by atoms with Gasteiger partial charge in [0.25, 0.3) is 0 Å². The van der Waals surface area contributed by atoms with Gasteiger partial charge in [-0.25, -0.2) is 4.39 Å². The van der Waals surface area contributed by atoms with Crippen molar-refractivity contribution in [1.82, 2.24) is 4.98 Å². The summed E-state index contributed by atoms with van der Waals surface area (Å²) in [4.78, 5) is 3.95. The first-order valence-corrected chi connectivity index (χ1v) is 5.46.